The van der Waals surface area contributed by atoms with E-state index in [0.717, 1.165) is 0 Å². The fraction of sp³-hybridized carbons (Fsp3) is 0.200. The van der Waals surface area contributed by atoms with Crippen LogP contribution in [-0.4, -0.2) is 32.2 Å². The lowest BCUT2D eigenvalue weighted by atomic mass is 10.3. The first-order valence-electron chi connectivity index (χ1n) is 6.95. The quantitative estimate of drug-likeness (QED) is 0.657. The van der Waals surface area contributed by atoms with Gasteiger partial charge >= 0.3 is 11.7 Å². The minimum absolute atomic E-state index is 0.139. The van der Waals surface area contributed by atoms with Gasteiger partial charge < -0.3 is 9.47 Å². The normalized spacial score (nSPS) is 10.6. The number of Topliss-reactive ketones (excluding diaryl/α,β-unsaturated/α-hetero) is 1. The zero-order chi connectivity index (χ0) is 17.3. The number of carbonyl (C=O) groups excluding carboxylic acids is 1. The molecule has 0 saturated heterocycles. The predicted octanol–water partition coefficient (Wildman–Crippen LogP) is 2.03. The number of ether oxygens (including phenoxy) is 2. The average Bonchev–Trinajstić information content (AvgIpc) is 3.14. The Morgan fingerprint density at radius 3 is 2.71 bits per heavy atom. The van der Waals surface area contributed by atoms with Crippen molar-refractivity contribution in [2.45, 2.75) is 6.92 Å². The van der Waals surface area contributed by atoms with Crippen molar-refractivity contribution in [1.29, 1.82) is 0 Å². The summed E-state index contributed by atoms with van der Waals surface area (Å²) in [7, 11) is 2.96. The lowest BCUT2D eigenvalue weighted by Crippen LogP contribution is -2.22. The molecular formula is C15H14N4O4S. The van der Waals surface area contributed by atoms with Crippen molar-refractivity contribution in [2.24, 2.45) is 7.05 Å². The molecule has 0 unspecified atom stereocenters. The third-order valence-electron chi connectivity index (χ3n) is 3.22. The van der Waals surface area contributed by atoms with Crippen molar-refractivity contribution in [3.05, 3.63) is 45.8 Å². The molecule has 0 bridgehead atoms. The number of ketones is 1. The number of hydrogen-bond acceptors (Lipinski definition) is 7. The molecule has 124 valence electrons. The van der Waals surface area contributed by atoms with Crippen molar-refractivity contribution in [3.8, 4) is 22.6 Å². The first-order valence-corrected chi connectivity index (χ1v) is 7.83. The van der Waals surface area contributed by atoms with Crippen LogP contribution in [0.2, 0.25) is 0 Å². The van der Waals surface area contributed by atoms with E-state index in [1.807, 2.05) is 0 Å². The van der Waals surface area contributed by atoms with Gasteiger partial charge in [-0.15, -0.1) is 5.10 Å². The summed E-state index contributed by atoms with van der Waals surface area (Å²) in [6.45, 7) is 1.44. The van der Waals surface area contributed by atoms with Gasteiger partial charge in [-0.1, -0.05) is 23.5 Å². The van der Waals surface area contributed by atoms with E-state index in [4.69, 9.17) is 9.47 Å². The van der Waals surface area contributed by atoms with Crippen LogP contribution in [0.5, 0.6) is 17.0 Å². The summed E-state index contributed by atoms with van der Waals surface area (Å²) in [5.41, 5.74) is 0.432. The lowest BCUT2D eigenvalue weighted by Gasteiger charge is -2.10. The van der Waals surface area contributed by atoms with Gasteiger partial charge in [-0.3, -0.25) is 4.79 Å². The second-order valence-corrected chi connectivity index (χ2v) is 5.67. The van der Waals surface area contributed by atoms with Gasteiger partial charge in [0.15, 0.2) is 11.5 Å². The van der Waals surface area contributed by atoms with Crippen LogP contribution in [0.4, 0.5) is 0 Å². The molecule has 24 heavy (non-hydrogen) atoms. The van der Waals surface area contributed by atoms with Gasteiger partial charge in [0.1, 0.15) is 5.69 Å². The highest BCUT2D eigenvalue weighted by Crippen LogP contribution is 2.31. The number of thiazole rings is 1. The number of hydrogen-bond donors (Lipinski definition) is 0. The van der Waals surface area contributed by atoms with E-state index in [2.05, 4.69) is 10.1 Å². The van der Waals surface area contributed by atoms with Crippen LogP contribution >= 0.6 is 11.3 Å². The minimum atomic E-state index is -0.369. The number of aromatic nitrogens is 4. The zero-order valence-corrected chi connectivity index (χ0v) is 14.0. The van der Waals surface area contributed by atoms with Crippen molar-refractivity contribution in [3.63, 3.8) is 0 Å². The Labute approximate surface area is 140 Å². The summed E-state index contributed by atoms with van der Waals surface area (Å²) in [5.74, 6) is 0.259. The summed E-state index contributed by atoms with van der Waals surface area (Å²) in [4.78, 5) is 27.8. The molecule has 0 aliphatic carbocycles. The van der Waals surface area contributed by atoms with Crippen molar-refractivity contribution in [2.75, 3.05) is 7.11 Å². The number of nitrogens with zero attached hydrogens (tertiary/aromatic N) is 4. The number of methoxy groups -OCH3 is 1. The molecule has 2 heterocycles. The van der Waals surface area contributed by atoms with Crippen LogP contribution in [0.3, 0.4) is 0 Å². The first-order chi connectivity index (χ1) is 11.5. The number of aryl methyl sites for hydroxylation is 1. The van der Waals surface area contributed by atoms with Crippen LogP contribution in [0.25, 0.3) is 5.69 Å². The standard InChI is InChI=1S/C15H14N4O4S/c1-9(20)10-8-24-14(16-10)23-12-7-5-4-6-11(12)19-13(22-3)17-18(2)15(19)21/h4-8H,1-3H3. The fourth-order valence-corrected chi connectivity index (χ4v) is 2.79. The molecule has 0 amide bonds. The fourth-order valence-electron chi connectivity index (χ4n) is 2.07. The first kappa shape index (κ1) is 15.9. The van der Waals surface area contributed by atoms with Gasteiger partial charge in [-0.25, -0.2) is 14.0 Å². The molecular weight excluding hydrogens is 332 g/mol. The Morgan fingerprint density at radius 1 is 1.29 bits per heavy atom. The predicted molar refractivity (Wildman–Crippen MR) is 87.5 cm³/mol. The van der Waals surface area contributed by atoms with Crippen LogP contribution in [-0.2, 0) is 7.05 Å². The number of rotatable bonds is 5. The summed E-state index contributed by atoms with van der Waals surface area (Å²) >= 11 is 1.20. The molecule has 8 nitrogen and oxygen atoms in total. The summed E-state index contributed by atoms with van der Waals surface area (Å²) in [5, 5.41) is 5.94. The number of para-hydroxylation sites is 2. The molecule has 3 aromatic rings. The highest BCUT2D eigenvalue weighted by atomic mass is 32.1. The van der Waals surface area contributed by atoms with E-state index < -0.39 is 0 Å². The Kier molecular flexibility index (Phi) is 4.17. The molecule has 0 fully saturated rings. The molecule has 0 saturated carbocycles. The number of benzene rings is 1. The largest absolute Gasteiger partial charge is 0.467 e. The zero-order valence-electron chi connectivity index (χ0n) is 13.2. The molecule has 3 rings (SSSR count). The molecule has 1 aromatic carbocycles. The van der Waals surface area contributed by atoms with E-state index in [9.17, 15) is 9.59 Å². The van der Waals surface area contributed by atoms with Crippen molar-refractivity contribution < 1.29 is 14.3 Å². The Balaban J connectivity index is 2.05. The second kappa shape index (κ2) is 6.28. The molecule has 9 heteroatoms. The summed E-state index contributed by atoms with van der Waals surface area (Å²) in [6, 6.07) is 7.08. The Bertz CT molecular complexity index is 957. The van der Waals surface area contributed by atoms with Gasteiger partial charge in [0.25, 0.3) is 5.19 Å². The van der Waals surface area contributed by atoms with Crippen LogP contribution < -0.4 is 15.2 Å². The van der Waals surface area contributed by atoms with Crippen LogP contribution in [0.1, 0.15) is 17.4 Å². The molecule has 0 aliphatic rings. The Morgan fingerprint density at radius 2 is 2.04 bits per heavy atom. The molecule has 0 atom stereocenters. The van der Waals surface area contributed by atoms with Gasteiger partial charge in [-0.2, -0.15) is 4.98 Å². The van der Waals surface area contributed by atoms with Gasteiger partial charge in [0, 0.05) is 19.4 Å². The minimum Gasteiger partial charge on any atom is -0.467 e. The smallest absolute Gasteiger partial charge is 0.353 e. The Hall–Kier alpha value is -2.94. The van der Waals surface area contributed by atoms with Gasteiger partial charge in [-0.05, 0) is 12.1 Å². The molecule has 0 spiro atoms. The summed E-state index contributed by atoms with van der Waals surface area (Å²) in [6.07, 6.45) is 0. The van der Waals surface area contributed by atoms with E-state index in [-0.39, 0.29) is 17.5 Å². The van der Waals surface area contributed by atoms with Crippen molar-refractivity contribution >= 4 is 17.1 Å². The lowest BCUT2D eigenvalue weighted by molar-refractivity contribution is 0.101. The third kappa shape index (κ3) is 2.81. The van der Waals surface area contributed by atoms with Crippen LogP contribution in [0, 0.1) is 0 Å². The number of carbonyl (C=O) groups is 1. The second-order valence-electron chi connectivity index (χ2n) is 4.85. The topological polar surface area (TPSA) is 88.2 Å². The van der Waals surface area contributed by atoms with E-state index >= 15 is 0 Å². The maximum absolute atomic E-state index is 12.3. The monoisotopic (exact) mass is 346 g/mol. The van der Waals surface area contributed by atoms with Gasteiger partial charge in [0.05, 0.1) is 12.8 Å². The highest BCUT2D eigenvalue weighted by Gasteiger charge is 2.18. The maximum Gasteiger partial charge on any atom is 0.353 e. The molecule has 0 aliphatic heterocycles. The van der Waals surface area contributed by atoms with E-state index in [1.54, 1.807) is 29.6 Å². The highest BCUT2D eigenvalue weighted by molar-refractivity contribution is 7.11. The molecule has 0 radical (unpaired) electrons. The molecule has 2 aromatic heterocycles. The SMILES string of the molecule is COc1nn(C)c(=O)n1-c1ccccc1Oc1nc(C(C)=O)cs1. The van der Waals surface area contributed by atoms with Crippen LogP contribution in [0.15, 0.2) is 34.4 Å². The average molecular weight is 346 g/mol. The van der Waals surface area contributed by atoms with Crippen molar-refractivity contribution in [1.82, 2.24) is 19.3 Å². The van der Waals surface area contributed by atoms with E-state index in [0.29, 0.717) is 22.3 Å². The third-order valence-corrected chi connectivity index (χ3v) is 3.94. The summed E-state index contributed by atoms with van der Waals surface area (Å²) < 4.78 is 13.4. The maximum atomic E-state index is 12.3. The molecule has 0 N–H and O–H groups in total. The van der Waals surface area contributed by atoms with Gasteiger partial charge in [0.2, 0.25) is 0 Å². The van der Waals surface area contributed by atoms with E-state index in [1.165, 1.54) is 41.7 Å².